The molecule has 3 rings (SSSR count). The van der Waals surface area contributed by atoms with E-state index in [1.807, 2.05) is 6.07 Å². The van der Waals surface area contributed by atoms with E-state index in [0.29, 0.717) is 54.2 Å². The van der Waals surface area contributed by atoms with Crippen molar-refractivity contribution in [2.24, 2.45) is 11.8 Å². The van der Waals surface area contributed by atoms with Gasteiger partial charge in [0, 0.05) is 25.3 Å². The number of methoxy groups -OCH3 is 2. The van der Waals surface area contributed by atoms with Crippen LogP contribution >= 0.6 is 0 Å². The molecule has 198 valence electrons. The zero-order valence-electron chi connectivity index (χ0n) is 21.9. The van der Waals surface area contributed by atoms with Gasteiger partial charge in [-0.2, -0.15) is 4.31 Å². The molecule has 2 aromatic carbocycles. The Morgan fingerprint density at radius 1 is 1.03 bits per heavy atom. The molecule has 36 heavy (non-hydrogen) atoms. The van der Waals surface area contributed by atoms with Crippen molar-refractivity contribution in [2.45, 2.75) is 51.0 Å². The normalized spacial score (nSPS) is 15.9. The van der Waals surface area contributed by atoms with Gasteiger partial charge in [0.25, 0.3) is 0 Å². The van der Waals surface area contributed by atoms with Gasteiger partial charge < -0.3 is 20.1 Å². The SMILES string of the molecule is COc1ccc(C(Nc2ccc(S(=O)(=O)N3CCC(C)CC3)cc2)C(=O)NCCC(C)C)cc1OC. The lowest BCUT2D eigenvalue weighted by atomic mass is 10.0. The van der Waals surface area contributed by atoms with Crippen LogP contribution in [-0.4, -0.2) is 52.5 Å². The molecular weight excluding hydrogens is 478 g/mol. The van der Waals surface area contributed by atoms with Crippen LogP contribution in [-0.2, 0) is 14.8 Å². The number of carbonyl (C=O) groups is 1. The first-order chi connectivity index (χ1) is 17.1. The highest BCUT2D eigenvalue weighted by Gasteiger charge is 2.28. The second kappa shape index (κ2) is 12.5. The molecule has 1 saturated heterocycles. The highest BCUT2D eigenvalue weighted by molar-refractivity contribution is 7.89. The van der Waals surface area contributed by atoms with Crippen LogP contribution in [0, 0.1) is 11.8 Å². The highest BCUT2D eigenvalue weighted by atomic mass is 32.2. The van der Waals surface area contributed by atoms with Gasteiger partial charge in [-0.05, 0) is 73.1 Å². The lowest BCUT2D eigenvalue weighted by molar-refractivity contribution is -0.122. The number of carbonyl (C=O) groups excluding carboxylic acids is 1. The summed E-state index contributed by atoms with van der Waals surface area (Å²) in [6, 6.07) is 11.2. The maximum absolute atomic E-state index is 13.2. The Balaban J connectivity index is 1.82. The van der Waals surface area contributed by atoms with E-state index < -0.39 is 16.1 Å². The van der Waals surface area contributed by atoms with Crippen molar-refractivity contribution >= 4 is 21.6 Å². The smallest absolute Gasteiger partial charge is 0.247 e. The molecule has 1 unspecified atom stereocenters. The minimum Gasteiger partial charge on any atom is -0.493 e. The van der Waals surface area contributed by atoms with Gasteiger partial charge in [0.05, 0.1) is 19.1 Å². The third kappa shape index (κ3) is 6.91. The number of sulfonamides is 1. The molecule has 0 spiro atoms. The molecule has 1 heterocycles. The molecule has 2 N–H and O–H groups in total. The molecule has 1 atom stereocenters. The van der Waals surface area contributed by atoms with E-state index in [1.54, 1.807) is 54.9 Å². The van der Waals surface area contributed by atoms with Crippen molar-refractivity contribution in [3.8, 4) is 11.5 Å². The largest absolute Gasteiger partial charge is 0.493 e. The number of hydrogen-bond donors (Lipinski definition) is 2. The van der Waals surface area contributed by atoms with Gasteiger partial charge in [-0.15, -0.1) is 0 Å². The maximum atomic E-state index is 13.2. The predicted molar refractivity (Wildman–Crippen MR) is 142 cm³/mol. The number of piperidine rings is 1. The summed E-state index contributed by atoms with van der Waals surface area (Å²) in [6.45, 7) is 8.02. The number of nitrogens with zero attached hydrogens (tertiary/aromatic N) is 1. The van der Waals surface area contributed by atoms with Crippen LogP contribution in [0.15, 0.2) is 47.4 Å². The van der Waals surface area contributed by atoms with E-state index in [-0.39, 0.29) is 10.8 Å². The Morgan fingerprint density at radius 3 is 2.25 bits per heavy atom. The average Bonchev–Trinajstić information content (AvgIpc) is 2.87. The molecule has 0 saturated carbocycles. The van der Waals surface area contributed by atoms with Gasteiger partial charge in [0.1, 0.15) is 6.04 Å². The lowest BCUT2D eigenvalue weighted by Gasteiger charge is -2.29. The van der Waals surface area contributed by atoms with E-state index in [4.69, 9.17) is 9.47 Å². The van der Waals surface area contributed by atoms with Crippen molar-refractivity contribution in [3.63, 3.8) is 0 Å². The zero-order valence-corrected chi connectivity index (χ0v) is 22.7. The highest BCUT2D eigenvalue weighted by Crippen LogP contribution is 2.32. The van der Waals surface area contributed by atoms with Crippen LogP contribution < -0.4 is 20.1 Å². The topological polar surface area (TPSA) is 97.0 Å². The third-order valence-electron chi connectivity index (χ3n) is 6.57. The Hall–Kier alpha value is -2.78. The zero-order chi connectivity index (χ0) is 26.3. The first-order valence-electron chi connectivity index (χ1n) is 12.5. The van der Waals surface area contributed by atoms with E-state index in [0.717, 1.165) is 19.3 Å². The summed E-state index contributed by atoms with van der Waals surface area (Å²) in [4.78, 5) is 13.5. The molecule has 1 aliphatic rings. The molecule has 1 aliphatic heterocycles. The van der Waals surface area contributed by atoms with Gasteiger partial charge in [0.2, 0.25) is 15.9 Å². The van der Waals surface area contributed by atoms with Crippen LogP contribution in [0.5, 0.6) is 11.5 Å². The van der Waals surface area contributed by atoms with Crippen molar-refractivity contribution in [2.75, 3.05) is 39.2 Å². The first-order valence-corrected chi connectivity index (χ1v) is 14.0. The predicted octanol–water partition coefficient (Wildman–Crippen LogP) is 4.44. The molecule has 0 aliphatic carbocycles. The second-order valence-corrected chi connectivity index (χ2v) is 11.7. The minimum absolute atomic E-state index is 0.179. The number of anilines is 1. The van der Waals surface area contributed by atoms with Crippen molar-refractivity contribution in [1.82, 2.24) is 9.62 Å². The molecule has 1 fully saturated rings. The van der Waals surface area contributed by atoms with Gasteiger partial charge >= 0.3 is 0 Å². The Morgan fingerprint density at radius 2 is 1.67 bits per heavy atom. The van der Waals surface area contributed by atoms with Crippen molar-refractivity contribution in [3.05, 3.63) is 48.0 Å². The fourth-order valence-corrected chi connectivity index (χ4v) is 5.65. The molecule has 0 aromatic heterocycles. The van der Waals surface area contributed by atoms with E-state index >= 15 is 0 Å². The number of benzene rings is 2. The van der Waals surface area contributed by atoms with Crippen LogP contribution in [0.4, 0.5) is 5.69 Å². The van der Waals surface area contributed by atoms with Crippen LogP contribution in [0.1, 0.15) is 51.6 Å². The fourth-order valence-electron chi connectivity index (χ4n) is 4.18. The van der Waals surface area contributed by atoms with E-state index in [1.165, 1.54) is 0 Å². The van der Waals surface area contributed by atoms with Crippen LogP contribution in [0.25, 0.3) is 0 Å². The van der Waals surface area contributed by atoms with Gasteiger partial charge in [-0.3, -0.25) is 4.79 Å². The van der Waals surface area contributed by atoms with E-state index in [9.17, 15) is 13.2 Å². The number of amides is 1. The number of nitrogens with one attached hydrogen (secondary N) is 2. The Labute approximate surface area is 215 Å². The first kappa shape index (κ1) is 27.8. The molecule has 2 aromatic rings. The summed E-state index contributed by atoms with van der Waals surface area (Å²) < 4.78 is 38.5. The standard InChI is InChI=1S/C27H39N3O5S/c1-19(2)12-15-28-27(31)26(21-6-11-24(34-4)25(18-21)35-5)29-22-7-9-23(10-8-22)36(32,33)30-16-13-20(3)14-17-30/h6-11,18-20,26,29H,12-17H2,1-5H3,(H,28,31). The summed E-state index contributed by atoms with van der Waals surface area (Å²) in [5.74, 6) is 1.93. The molecule has 1 amide bonds. The van der Waals surface area contributed by atoms with E-state index in [2.05, 4.69) is 31.4 Å². The van der Waals surface area contributed by atoms with Crippen molar-refractivity contribution in [1.29, 1.82) is 0 Å². The second-order valence-electron chi connectivity index (χ2n) is 9.78. The summed E-state index contributed by atoms with van der Waals surface area (Å²) in [6.07, 6.45) is 2.61. The summed E-state index contributed by atoms with van der Waals surface area (Å²) in [7, 11) is -0.428. The van der Waals surface area contributed by atoms with Gasteiger partial charge in [-0.1, -0.05) is 26.8 Å². The average molecular weight is 518 g/mol. The molecule has 0 radical (unpaired) electrons. The molecule has 9 heteroatoms. The molecular formula is C27H39N3O5S. The third-order valence-corrected chi connectivity index (χ3v) is 8.48. The fraction of sp³-hybridized carbons (Fsp3) is 0.519. The Bertz CT molecular complexity index is 1110. The van der Waals surface area contributed by atoms with Crippen LogP contribution in [0.3, 0.4) is 0 Å². The van der Waals surface area contributed by atoms with Gasteiger partial charge in [0.15, 0.2) is 11.5 Å². The summed E-state index contributed by atoms with van der Waals surface area (Å²) in [5, 5.41) is 6.27. The van der Waals surface area contributed by atoms with Crippen molar-refractivity contribution < 1.29 is 22.7 Å². The summed E-state index contributed by atoms with van der Waals surface area (Å²) in [5.41, 5.74) is 1.34. The monoisotopic (exact) mass is 517 g/mol. The molecule has 0 bridgehead atoms. The lowest BCUT2D eigenvalue weighted by Crippen LogP contribution is -2.37. The van der Waals surface area contributed by atoms with Gasteiger partial charge in [-0.25, -0.2) is 8.42 Å². The maximum Gasteiger partial charge on any atom is 0.247 e. The van der Waals surface area contributed by atoms with Crippen LogP contribution in [0.2, 0.25) is 0 Å². The Kier molecular flexibility index (Phi) is 9.62. The number of ether oxygens (including phenoxy) is 2. The quantitative estimate of drug-likeness (QED) is 0.457. The molecule has 8 nitrogen and oxygen atoms in total. The minimum atomic E-state index is -3.54. The number of rotatable bonds is 11. The number of hydrogen-bond acceptors (Lipinski definition) is 6. The summed E-state index contributed by atoms with van der Waals surface area (Å²) >= 11 is 0.